The number of H-pyrrole nitrogens is 1. The van der Waals surface area contributed by atoms with E-state index in [0.717, 1.165) is 27.3 Å². The van der Waals surface area contributed by atoms with E-state index in [1.807, 2.05) is 29.7 Å². The van der Waals surface area contributed by atoms with Gasteiger partial charge in [-0.2, -0.15) is 0 Å². The molecule has 0 saturated heterocycles. The zero-order chi connectivity index (χ0) is 13.6. The van der Waals surface area contributed by atoms with Crippen molar-refractivity contribution in [3.63, 3.8) is 0 Å². The van der Waals surface area contributed by atoms with Gasteiger partial charge < -0.3 is 4.98 Å². The Morgan fingerprint density at radius 1 is 1.21 bits per heavy atom. The summed E-state index contributed by atoms with van der Waals surface area (Å²) in [5, 5.41) is 0.749. The summed E-state index contributed by atoms with van der Waals surface area (Å²) in [4.78, 5) is 3.23. The van der Waals surface area contributed by atoms with Crippen molar-refractivity contribution in [1.82, 2.24) is 9.55 Å². The predicted molar refractivity (Wildman–Crippen MR) is 90.9 cm³/mol. The highest BCUT2D eigenvalue weighted by Gasteiger charge is 2.08. The Labute approximate surface area is 134 Å². The number of rotatable bonds is 1. The van der Waals surface area contributed by atoms with Crippen LogP contribution in [0, 0.1) is 15.3 Å². The first-order valence-electron chi connectivity index (χ1n) is 5.73. The van der Waals surface area contributed by atoms with E-state index < -0.39 is 0 Å². The van der Waals surface area contributed by atoms with Crippen LogP contribution in [0.5, 0.6) is 0 Å². The molecule has 3 aromatic rings. The number of hydrogen-bond acceptors (Lipinski definition) is 1. The number of imidazole rings is 1. The molecule has 2 nitrogen and oxygen atoms in total. The first-order valence-corrected chi connectivity index (χ1v) is 7.59. The molecule has 0 spiro atoms. The molecule has 0 aliphatic carbocycles. The average molecular weight is 401 g/mol. The van der Waals surface area contributed by atoms with Gasteiger partial charge in [0.1, 0.15) is 0 Å². The van der Waals surface area contributed by atoms with E-state index >= 15 is 0 Å². The van der Waals surface area contributed by atoms with Gasteiger partial charge in [0.2, 0.25) is 0 Å². The summed E-state index contributed by atoms with van der Waals surface area (Å²) < 4.78 is 3.86. The van der Waals surface area contributed by atoms with Crippen LogP contribution in [0.15, 0.2) is 36.4 Å². The molecule has 0 bridgehead atoms. The Morgan fingerprint density at radius 3 is 2.74 bits per heavy atom. The van der Waals surface area contributed by atoms with Crippen molar-refractivity contribution in [2.75, 3.05) is 0 Å². The van der Waals surface area contributed by atoms with Crippen LogP contribution in [0.4, 0.5) is 0 Å². The molecule has 2 aromatic carbocycles. The maximum atomic E-state index is 6.20. The largest absolute Gasteiger partial charge is 0.330 e. The van der Waals surface area contributed by atoms with Crippen molar-refractivity contribution >= 4 is 57.4 Å². The van der Waals surface area contributed by atoms with Gasteiger partial charge in [-0.3, -0.25) is 4.57 Å². The quantitative estimate of drug-likeness (QED) is 0.437. The van der Waals surface area contributed by atoms with Crippen LogP contribution in [0.3, 0.4) is 0 Å². The normalized spacial score (nSPS) is 11.1. The van der Waals surface area contributed by atoms with Crippen molar-refractivity contribution in [1.29, 1.82) is 0 Å². The summed E-state index contributed by atoms with van der Waals surface area (Å²) in [7, 11) is 0. The van der Waals surface area contributed by atoms with Gasteiger partial charge in [-0.25, -0.2) is 0 Å². The van der Waals surface area contributed by atoms with Gasteiger partial charge in [0.15, 0.2) is 4.77 Å². The number of aryl methyl sites for hydroxylation is 1. The molecule has 96 valence electrons. The van der Waals surface area contributed by atoms with E-state index in [1.54, 1.807) is 0 Å². The lowest BCUT2D eigenvalue weighted by Gasteiger charge is -2.06. The third-order valence-corrected chi connectivity index (χ3v) is 4.42. The van der Waals surface area contributed by atoms with Crippen molar-refractivity contribution in [3.05, 3.63) is 55.3 Å². The van der Waals surface area contributed by atoms with Gasteiger partial charge in [0.25, 0.3) is 0 Å². The van der Waals surface area contributed by atoms with Gasteiger partial charge in [0, 0.05) is 14.3 Å². The Hall–Kier alpha value is -0.850. The smallest absolute Gasteiger partial charge is 0.182 e. The Kier molecular flexibility index (Phi) is 3.41. The second-order valence-corrected chi connectivity index (χ2v) is 6.40. The molecule has 3 rings (SSSR count). The molecule has 1 aromatic heterocycles. The van der Waals surface area contributed by atoms with Crippen molar-refractivity contribution in [2.45, 2.75) is 6.92 Å². The Balaban J connectivity index is 2.32. The lowest BCUT2D eigenvalue weighted by atomic mass is 10.2. The third-order valence-electron chi connectivity index (χ3n) is 3.06. The van der Waals surface area contributed by atoms with Crippen LogP contribution in [-0.4, -0.2) is 9.55 Å². The summed E-state index contributed by atoms with van der Waals surface area (Å²) in [6.45, 7) is 1.99. The SMILES string of the molecule is Cc1ccc(-n2c(=S)[nH]c3cc(I)ccc32)cc1Cl. The van der Waals surface area contributed by atoms with Crippen molar-refractivity contribution in [2.24, 2.45) is 0 Å². The summed E-state index contributed by atoms with van der Waals surface area (Å²) in [5.74, 6) is 0. The molecule has 5 heteroatoms. The number of aromatic nitrogens is 2. The van der Waals surface area contributed by atoms with Gasteiger partial charge >= 0.3 is 0 Å². The zero-order valence-corrected chi connectivity index (χ0v) is 13.8. The number of benzene rings is 2. The molecule has 0 amide bonds. The van der Waals surface area contributed by atoms with E-state index in [-0.39, 0.29) is 0 Å². The van der Waals surface area contributed by atoms with Gasteiger partial charge in [-0.1, -0.05) is 17.7 Å². The second kappa shape index (κ2) is 4.92. The van der Waals surface area contributed by atoms with E-state index in [4.69, 9.17) is 23.8 Å². The number of nitrogens with zero attached hydrogens (tertiary/aromatic N) is 1. The molecule has 0 atom stereocenters. The molecule has 0 fully saturated rings. The molecule has 0 aliphatic heterocycles. The molecule has 19 heavy (non-hydrogen) atoms. The molecule has 1 heterocycles. The molecule has 0 unspecified atom stereocenters. The predicted octanol–water partition coefficient (Wildman–Crippen LogP) is 5.25. The molecule has 0 radical (unpaired) electrons. The molecule has 0 saturated carbocycles. The van der Waals surface area contributed by atoms with E-state index in [1.165, 1.54) is 3.57 Å². The van der Waals surface area contributed by atoms with Gasteiger partial charge in [-0.05, 0) is 77.6 Å². The fraction of sp³-hybridized carbons (Fsp3) is 0.0714. The molecule has 1 N–H and O–H groups in total. The van der Waals surface area contributed by atoms with Crippen LogP contribution in [0.2, 0.25) is 5.02 Å². The molecular formula is C14H10ClIN2S. The minimum atomic E-state index is 0.678. The Morgan fingerprint density at radius 2 is 2.00 bits per heavy atom. The van der Waals surface area contributed by atoms with Crippen LogP contribution in [0.25, 0.3) is 16.7 Å². The minimum Gasteiger partial charge on any atom is -0.330 e. The van der Waals surface area contributed by atoms with Crippen molar-refractivity contribution < 1.29 is 0 Å². The lowest BCUT2D eigenvalue weighted by Crippen LogP contribution is -1.94. The highest BCUT2D eigenvalue weighted by Crippen LogP contribution is 2.24. The lowest BCUT2D eigenvalue weighted by molar-refractivity contribution is 1.06. The zero-order valence-electron chi connectivity index (χ0n) is 10.1. The maximum Gasteiger partial charge on any atom is 0.182 e. The summed E-state index contributed by atoms with van der Waals surface area (Å²) in [6.07, 6.45) is 0. The maximum absolute atomic E-state index is 6.20. The fourth-order valence-electron chi connectivity index (χ4n) is 2.06. The summed E-state index contributed by atoms with van der Waals surface area (Å²) in [5.41, 5.74) is 4.14. The monoisotopic (exact) mass is 400 g/mol. The van der Waals surface area contributed by atoms with Gasteiger partial charge in [0.05, 0.1) is 11.0 Å². The van der Waals surface area contributed by atoms with Gasteiger partial charge in [-0.15, -0.1) is 0 Å². The van der Waals surface area contributed by atoms with Crippen LogP contribution in [-0.2, 0) is 0 Å². The summed E-state index contributed by atoms with van der Waals surface area (Å²) >= 11 is 13.9. The first kappa shape index (κ1) is 13.1. The topological polar surface area (TPSA) is 20.7 Å². The average Bonchev–Trinajstić information content (AvgIpc) is 2.68. The standard InChI is InChI=1S/C14H10ClIN2S/c1-8-2-4-10(7-11(8)15)18-13-5-3-9(16)6-12(13)17-14(18)19/h2-7H,1H3,(H,17,19). The van der Waals surface area contributed by atoms with E-state index in [9.17, 15) is 0 Å². The van der Waals surface area contributed by atoms with Crippen molar-refractivity contribution in [3.8, 4) is 5.69 Å². The Bertz CT molecular complexity index is 835. The second-order valence-electron chi connectivity index (χ2n) is 4.36. The van der Waals surface area contributed by atoms with Crippen LogP contribution < -0.4 is 0 Å². The number of halogens is 2. The first-order chi connectivity index (χ1) is 9.06. The highest BCUT2D eigenvalue weighted by atomic mass is 127. The third kappa shape index (κ3) is 2.32. The van der Waals surface area contributed by atoms with E-state index in [2.05, 4.69) is 45.8 Å². The van der Waals surface area contributed by atoms with E-state index in [0.29, 0.717) is 4.77 Å². The summed E-state index contributed by atoms with van der Waals surface area (Å²) in [6, 6.07) is 12.2. The van der Waals surface area contributed by atoms with Crippen LogP contribution in [0.1, 0.15) is 5.56 Å². The highest BCUT2D eigenvalue weighted by molar-refractivity contribution is 14.1. The number of nitrogens with one attached hydrogen (secondary N) is 1. The molecule has 0 aliphatic rings. The number of fused-ring (bicyclic) bond motifs is 1. The minimum absolute atomic E-state index is 0.678. The molecular weight excluding hydrogens is 391 g/mol. The fourth-order valence-corrected chi connectivity index (χ4v) is 3.04. The number of hydrogen-bond donors (Lipinski definition) is 1. The number of aromatic amines is 1. The van der Waals surface area contributed by atoms with Crippen LogP contribution >= 0.6 is 46.4 Å².